The summed E-state index contributed by atoms with van der Waals surface area (Å²) < 4.78 is 0.550. The van der Waals surface area contributed by atoms with Crippen molar-refractivity contribution in [3.63, 3.8) is 0 Å². The van der Waals surface area contributed by atoms with Gasteiger partial charge in [0.25, 0.3) is 5.91 Å². The van der Waals surface area contributed by atoms with Crippen LogP contribution in [0.5, 0.6) is 5.75 Å². The van der Waals surface area contributed by atoms with Crippen LogP contribution >= 0.6 is 34.5 Å². The Bertz CT molecular complexity index is 568. The van der Waals surface area contributed by atoms with Gasteiger partial charge in [0.15, 0.2) is 0 Å². The number of rotatable bonds is 2. The number of amides is 1. The van der Waals surface area contributed by atoms with E-state index in [0.29, 0.717) is 14.9 Å². The number of nitrogens with one attached hydrogen (secondary N) is 1. The number of hydrogen-bond acceptors (Lipinski definition) is 3. The Hall–Kier alpha value is -1.23. The van der Waals surface area contributed by atoms with Crippen molar-refractivity contribution in [2.75, 3.05) is 5.32 Å². The van der Waals surface area contributed by atoms with Gasteiger partial charge in [0, 0.05) is 11.8 Å². The largest absolute Gasteiger partial charge is 0.506 e. The maximum absolute atomic E-state index is 11.7. The average Bonchev–Trinajstić information content (AvgIpc) is 2.70. The topological polar surface area (TPSA) is 49.3 Å². The Kier molecular flexibility index (Phi) is 3.57. The molecule has 0 aliphatic heterocycles. The summed E-state index contributed by atoms with van der Waals surface area (Å²) in [7, 11) is 0. The molecule has 6 heteroatoms. The van der Waals surface area contributed by atoms with Crippen molar-refractivity contribution in [3.8, 4) is 5.75 Å². The Morgan fingerprint density at radius 3 is 2.59 bits per heavy atom. The van der Waals surface area contributed by atoms with Gasteiger partial charge >= 0.3 is 0 Å². The molecule has 2 aromatic rings. The van der Waals surface area contributed by atoms with E-state index in [4.69, 9.17) is 23.2 Å². The third kappa shape index (κ3) is 2.91. The van der Waals surface area contributed by atoms with Gasteiger partial charge in [-0.2, -0.15) is 0 Å². The fraction of sp³-hybridized carbons (Fsp3) is 0. The maximum Gasteiger partial charge on any atom is 0.265 e. The number of hydrogen-bond donors (Lipinski definition) is 2. The van der Waals surface area contributed by atoms with Crippen molar-refractivity contribution in [1.82, 2.24) is 0 Å². The number of halogens is 2. The molecule has 0 atom stereocenters. The van der Waals surface area contributed by atoms with E-state index in [0.717, 1.165) is 0 Å². The van der Waals surface area contributed by atoms with Crippen LogP contribution in [-0.4, -0.2) is 11.0 Å². The monoisotopic (exact) mass is 287 g/mol. The molecule has 17 heavy (non-hydrogen) atoms. The second-order valence-corrected chi connectivity index (χ2v) is 5.35. The number of phenols is 1. The lowest BCUT2D eigenvalue weighted by atomic mass is 10.3. The van der Waals surface area contributed by atoms with Gasteiger partial charge in [0.05, 0.1) is 14.2 Å². The molecule has 0 saturated carbocycles. The van der Waals surface area contributed by atoms with E-state index >= 15 is 0 Å². The molecule has 0 radical (unpaired) electrons. The maximum atomic E-state index is 11.7. The fourth-order valence-electron chi connectivity index (χ4n) is 1.22. The van der Waals surface area contributed by atoms with E-state index in [-0.39, 0.29) is 16.7 Å². The molecule has 1 aromatic heterocycles. The van der Waals surface area contributed by atoms with Gasteiger partial charge < -0.3 is 10.4 Å². The van der Waals surface area contributed by atoms with Gasteiger partial charge in [-0.25, -0.2) is 0 Å². The first-order chi connectivity index (χ1) is 8.06. The van der Waals surface area contributed by atoms with Crippen LogP contribution in [0.4, 0.5) is 5.69 Å². The van der Waals surface area contributed by atoms with E-state index in [1.807, 2.05) is 0 Å². The highest BCUT2D eigenvalue weighted by Crippen LogP contribution is 2.27. The Labute approximate surface area is 112 Å². The number of phenolic OH excluding ortho intramolecular Hbond substituents is 1. The summed E-state index contributed by atoms with van der Waals surface area (Å²) in [4.78, 5) is 12.3. The molecule has 88 valence electrons. The predicted molar refractivity (Wildman–Crippen MR) is 70.4 cm³/mol. The molecule has 2 rings (SSSR count). The molecular weight excluding hydrogens is 281 g/mol. The molecule has 3 nitrogen and oxygen atoms in total. The summed E-state index contributed by atoms with van der Waals surface area (Å²) in [5.74, 6) is -0.350. The standard InChI is InChI=1S/C11H7Cl2NO2S/c12-7-2-1-6(5-8(7)15)14-11(16)9-3-4-10(13)17-9/h1-5,15H,(H,14,16). The van der Waals surface area contributed by atoms with Gasteiger partial charge in [-0.05, 0) is 24.3 Å². The first-order valence-electron chi connectivity index (χ1n) is 4.61. The first-order valence-corrected chi connectivity index (χ1v) is 6.19. The number of anilines is 1. The van der Waals surface area contributed by atoms with Gasteiger partial charge in [-0.15, -0.1) is 11.3 Å². The van der Waals surface area contributed by atoms with Crippen molar-refractivity contribution in [1.29, 1.82) is 0 Å². The summed E-state index contributed by atoms with van der Waals surface area (Å²) in [5, 5.41) is 12.3. The normalized spacial score (nSPS) is 10.2. The van der Waals surface area contributed by atoms with Gasteiger partial charge in [0.1, 0.15) is 5.75 Å². The Morgan fingerprint density at radius 2 is 2.00 bits per heavy atom. The molecule has 1 amide bonds. The van der Waals surface area contributed by atoms with Crippen molar-refractivity contribution in [2.45, 2.75) is 0 Å². The summed E-state index contributed by atoms with van der Waals surface area (Å²) in [6.45, 7) is 0. The molecule has 1 heterocycles. The van der Waals surface area contributed by atoms with Crippen molar-refractivity contribution >= 4 is 46.1 Å². The predicted octanol–water partition coefficient (Wildman–Crippen LogP) is 4.01. The average molecular weight is 288 g/mol. The van der Waals surface area contributed by atoms with Crippen LogP contribution in [-0.2, 0) is 0 Å². The van der Waals surface area contributed by atoms with Crippen molar-refractivity contribution in [2.24, 2.45) is 0 Å². The van der Waals surface area contributed by atoms with Crippen molar-refractivity contribution < 1.29 is 9.90 Å². The molecule has 0 spiro atoms. The Balaban J connectivity index is 2.15. The molecule has 0 aliphatic carbocycles. The van der Waals surface area contributed by atoms with E-state index in [1.54, 1.807) is 18.2 Å². The third-order valence-electron chi connectivity index (χ3n) is 2.00. The number of benzene rings is 1. The lowest BCUT2D eigenvalue weighted by Gasteiger charge is -2.04. The molecule has 1 aromatic carbocycles. The summed E-state index contributed by atoms with van der Waals surface area (Å²) in [5.41, 5.74) is 0.474. The van der Waals surface area contributed by atoms with Crippen LogP contribution in [0, 0.1) is 0 Å². The van der Waals surface area contributed by atoms with Crippen molar-refractivity contribution in [3.05, 3.63) is 44.6 Å². The lowest BCUT2D eigenvalue weighted by molar-refractivity contribution is 0.103. The molecule has 0 saturated heterocycles. The number of aromatic hydroxyl groups is 1. The zero-order valence-corrected chi connectivity index (χ0v) is 10.7. The minimum atomic E-state index is -0.274. The molecule has 0 fully saturated rings. The highest BCUT2D eigenvalue weighted by molar-refractivity contribution is 7.18. The second kappa shape index (κ2) is 4.96. The van der Waals surface area contributed by atoms with Crippen LogP contribution < -0.4 is 5.32 Å². The molecule has 0 unspecified atom stereocenters. The zero-order valence-electron chi connectivity index (χ0n) is 8.41. The zero-order chi connectivity index (χ0) is 12.4. The van der Waals surface area contributed by atoms with Gasteiger partial charge in [-0.3, -0.25) is 4.79 Å². The van der Waals surface area contributed by atoms with Gasteiger partial charge in [-0.1, -0.05) is 23.2 Å². The smallest absolute Gasteiger partial charge is 0.265 e. The van der Waals surface area contributed by atoms with E-state index < -0.39 is 0 Å². The third-order valence-corrected chi connectivity index (χ3v) is 3.55. The molecule has 2 N–H and O–H groups in total. The van der Waals surface area contributed by atoms with Crippen LogP contribution in [0.25, 0.3) is 0 Å². The summed E-state index contributed by atoms with van der Waals surface area (Å²) in [6, 6.07) is 7.79. The molecule has 0 bridgehead atoms. The summed E-state index contributed by atoms with van der Waals surface area (Å²) >= 11 is 12.6. The van der Waals surface area contributed by atoms with Crippen LogP contribution in [0.15, 0.2) is 30.3 Å². The molecular formula is C11H7Cl2NO2S. The number of carbonyl (C=O) groups is 1. The highest BCUT2D eigenvalue weighted by Gasteiger charge is 2.09. The van der Waals surface area contributed by atoms with Crippen LogP contribution in [0.1, 0.15) is 9.67 Å². The minimum absolute atomic E-state index is 0.0753. The highest BCUT2D eigenvalue weighted by atomic mass is 35.5. The molecule has 0 aliphatic rings. The number of carbonyl (C=O) groups excluding carboxylic acids is 1. The van der Waals surface area contributed by atoms with E-state index in [9.17, 15) is 9.90 Å². The minimum Gasteiger partial charge on any atom is -0.506 e. The Morgan fingerprint density at radius 1 is 1.24 bits per heavy atom. The first kappa shape index (κ1) is 12.2. The fourth-order valence-corrected chi connectivity index (χ4v) is 2.28. The van der Waals surface area contributed by atoms with E-state index in [2.05, 4.69) is 5.32 Å². The quantitative estimate of drug-likeness (QED) is 0.877. The van der Waals surface area contributed by atoms with E-state index in [1.165, 1.54) is 23.5 Å². The summed E-state index contributed by atoms with van der Waals surface area (Å²) in [6.07, 6.45) is 0. The number of thiophene rings is 1. The lowest BCUT2D eigenvalue weighted by Crippen LogP contribution is -2.09. The SMILES string of the molecule is O=C(Nc1ccc(Cl)c(O)c1)c1ccc(Cl)s1. The second-order valence-electron chi connectivity index (χ2n) is 3.22. The van der Waals surface area contributed by atoms with Gasteiger partial charge in [0.2, 0.25) is 0 Å². The van der Waals surface area contributed by atoms with Crippen LogP contribution in [0.2, 0.25) is 9.36 Å². The van der Waals surface area contributed by atoms with Crippen LogP contribution in [0.3, 0.4) is 0 Å².